The number of hydrogen-bond donors (Lipinski definition) is 1. The van der Waals surface area contributed by atoms with E-state index in [2.05, 4.69) is 0 Å². The number of benzene rings is 2. The molecule has 21 heavy (non-hydrogen) atoms. The lowest BCUT2D eigenvalue weighted by Crippen LogP contribution is -2.26. The van der Waals surface area contributed by atoms with Crippen molar-refractivity contribution < 1.29 is 9.53 Å². The first kappa shape index (κ1) is 15.2. The Morgan fingerprint density at radius 3 is 2.71 bits per heavy atom. The van der Waals surface area contributed by atoms with Crippen molar-refractivity contribution in [3.63, 3.8) is 0 Å². The van der Waals surface area contributed by atoms with Gasteiger partial charge in [-0.05, 0) is 35.9 Å². The van der Waals surface area contributed by atoms with Gasteiger partial charge < -0.3 is 15.4 Å². The van der Waals surface area contributed by atoms with Crippen LogP contribution in [0.25, 0.3) is 0 Å². The lowest BCUT2D eigenvalue weighted by molar-refractivity contribution is 0.0782. The van der Waals surface area contributed by atoms with E-state index >= 15 is 0 Å². The summed E-state index contributed by atoms with van der Waals surface area (Å²) in [5.41, 5.74) is 7.70. The van der Waals surface area contributed by atoms with Gasteiger partial charge in [-0.2, -0.15) is 0 Å². The van der Waals surface area contributed by atoms with Crippen LogP contribution in [-0.2, 0) is 6.54 Å². The summed E-state index contributed by atoms with van der Waals surface area (Å²) < 4.78 is 5.22. The number of amides is 1. The predicted octanol–water partition coefficient (Wildman–Crippen LogP) is 3.20. The zero-order valence-electron chi connectivity index (χ0n) is 12.0. The number of nitrogens with two attached hydrogens (primary N) is 1. The third-order valence-corrected chi connectivity index (χ3v) is 3.53. The van der Waals surface area contributed by atoms with Gasteiger partial charge in [-0.25, -0.2) is 0 Å². The van der Waals surface area contributed by atoms with Gasteiger partial charge in [-0.1, -0.05) is 23.7 Å². The molecule has 2 rings (SSSR count). The third-order valence-electron chi connectivity index (χ3n) is 3.16. The molecule has 0 aromatic heterocycles. The highest BCUT2D eigenvalue weighted by Gasteiger charge is 2.17. The molecule has 0 saturated carbocycles. The van der Waals surface area contributed by atoms with Crippen molar-refractivity contribution in [3.05, 3.63) is 58.6 Å². The molecule has 0 unspecified atom stereocenters. The van der Waals surface area contributed by atoms with Gasteiger partial charge >= 0.3 is 0 Å². The van der Waals surface area contributed by atoms with Crippen molar-refractivity contribution >= 4 is 23.2 Å². The molecular formula is C16H17ClN2O2. The van der Waals surface area contributed by atoms with Gasteiger partial charge in [0.1, 0.15) is 5.75 Å². The molecule has 0 spiro atoms. The summed E-state index contributed by atoms with van der Waals surface area (Å²) >= 11 is 6.13. The predicted molar refractivity (Wildman–Crippen MR) is 84.7 cm³/mol. The van der Waals surface area contributed by atoms with E-state index in [9.17, 15) is 4.79 Å². The molecule has 0 radical (unpaired) electrons. The van der Waals surface area contributed by atoms with Gasteiger partial charge in [-0.3, -0.25) is 4.79 Å². The fraction of sp³-hybridized carbons (Fsp3) is 0.188. The Kier molecular flexibility index (Phi) is 4.70. The van der Waals surface area contributed by atoms with Crippen LogP contribution in [-0.4, -0.2) is 25.0 Å². The first-order chi connectivity index (χ1) is 10.0. The van der Waals surface area contributed by atoms with Crippen molar-refractivity contribution in [1.29, 1.82) is 0 Å². The maximum absolute atomic E-state index is 12.5. The Labute approximate surface area is 129 Å². The number of carbonyl (C=O) groups excluding carboxylic acids is 1. The van der Waals surface area contributed by atoms with Crippen LogP contribution in [0.15, 0.2) is 42.5 Å². The van der Waals surface area contributed by atoms with Crippen LogP contribution >= 0.6 is 11.6 Å². The maximum Gasteiger partial charge on any atom is 0.257 e. The maximum atomic E-state index is 12.5. The first-order valence-corrected chi connectivity index (χ1v) is 6.83. The SMILES string of the molecule is COc1ccccc1C(=O)N(C)Cc1cc(N)ccc1Cl. The van der Waals surface area contributed by atoms with E-state index in [0.717, 1.165) is 5.56 Å². The molecule has 0 aliphatic carbocycles. The number of ether oxygens (including phenoxy) is 1. The van der Waals surface area contributed by atoms with E-state index in [1.165, 1.54) is 0 Å². The van der Waals surface area contributed by atoms with E-state index < -0.39 is 0 Å². The second kappa shape index (κ2) is 6.50. The van der Waals surface area contributed by atoms with Crippen molar-refractivity contribution in [3.8, 4) is 5.75 Å². The summed E-state index contributed by atoms with van der Waals surface area (Å²) in [6.45, 7) is 0.376. The lowest BCUT2D eigenvalue weighted by atomic mass is 10.1. The molecule has 2 N–H and O–H groups in total. The number of anilines is 1. The minimum absolute atomic E-state index is 0.133. The molecule has 2 aromatic rings. The molecule has 1 amide bonds. The molecule has 2 aromatic carbocycles. The van der Waals surface area contributed by atoms with Crippen LogP contribution < -0.4 is 10.5 Å². The normalized spacial score (nSPS) is 10.2. The summed E-state index contributed by atoms with van der Waals surface area (Å²) in [6.07, 6.45) is 0. The fourth-order valence-electron chi connectivity index (χ4n) is 2.07. The van der Waals surface area contributed by atoms with E-state index in [4.69, 9.17) is 22.1 Å². The monoisotopic (exact) mass is 304 g/mol. The summed E-state index contributed by atoms with van der Waals surface area (Å²) in [6, 6.07) is 12.4. The van der Waals surface area contributed by atoms with Gasteiger partial charge in [0.05, 0.1) is 12.7 Å². The molecule has 0 heterocycles. The Morgan fingerprint density at radius 1 is 1.29 bits per heavy atom. The van der Waals surface area contributed by atoms with Crippen LogP contribution in [0, 0.1) is 0 Å². The molecule has 110 valence electrons. The molecule has 4 nitrogen and oxygen atoms in total. The van der Waals surface area contributed by atoms with Gasteiger partial charge in [0.2, 0.25) is 0 Å². The number of methoxy groups -OCH3 is 1. The van der Waals surface area contributed by atoms with Gasteiger partial charge in [0.25, 0.3) is 5.91 Å². The molecule has 0 atom stereocenters. The van der Waals surface area contributed by atoms with Crippen molar-refractivity contribution in [1.82, 2.24) is 4.90 Å². The Morgan fingerprint density at radius 2 is 2.00 bits per heavy atom. The molecular weight excluding hydrogens is 288 g/mol. The van der Waals surface area contributed by atoms with Crippen LogP contribution in [0.5, 0.6) is 5.75 Å². The second-order valence-corrected chi connectivity index (χ2v) is 5.12. The first-order valence-electron chi connectivity index (χ1n) is 6.45. The zero-order chi connectivity index (χ0) is 15.4. The number of halogens is 1. The quantitative estimate of drug-likeness (QED) is 0.883. The minimum Gasteiger partial charge on any atom is -0.496 e. The number of rotatable bonds is 4. The van der Waals surface area contributed by atoms with E-state index in [1.54, 1.807) is 55.5 Å². The standard InChI is InChI=1S/C16H17ClN2O2/c1-19(10-11-9-12(18)7-8-14(11)17)16(20)13-5-3-4-6-15(13)21-2/h3-9H,10,18H2,1-2H3. The van der Waals surface area contributed by atoms with Crippen molar-refractivity contribution in [2.75, 3.05) is 19.9 Å². The zero-order valence-corrected chi connectivity index (χ0v) is 12.7. The second-order valence-electron chi connectivity index (χ2n) is 4.71. The van der Waals surface area contributed by atoms with Gasteiger partial charge in [0.15, 0.2) is 0 Å². The van der Waals surface area contributed by atoms with Crippen molar-refractivity contribution in [2.24, 2.45) is 0 Å². The Hall–Kier alpha value is -2.20. The van der Waals surface area contributed by atoms with Gasteiger partial charge in [-0.15, -0.1) is 0 Å². The van der Waals surface area contributed by atoms with Crippen LogP contribution in [0.2, 0.25) is 5.02 Å². The van der Waals surface area contributed by atoms with Crippen LogP contribution in [0.3, 0.4) is 0 Å². The minimum atomic E-state index is -0.133. The summed E-state index contributed by atoms with van der Waals surface area (Å²) in [5.74, 6) is 0.416. The molecule has 0 aliphatic rings. The largest absolute Gasteiger partial charge is 0.496 e. The number of nitrogen functional groups attached to an aromatic ring is 1. The highest BCUT2D eigenvalue weighted by Crippen LogP contribution is 2.23. The Bertz CT molecular complexity index is 658. The summed E-state index contributed by atoms with van der Waals surface area (Å²) in [5, 5.41) is 0.587. The number of hydrogen-bond acceptors (Lipinski definition) is 3. The summed E-state index contributed by atoms with van der Waals surface area (Å²) in [4.78, 5) is 14.1. The third kappa shape index (κ3) is 3.47. The molecule has 0 saturated heterocycles. The molecule has 0 bridgehead atoms. The number of para-hydroxylation sites is 1. The van der Waals surface area contributed by atoms with E-state index in [-0.39, 0.29) is 5.91 Å². The lowest BCUT2D eigenvalue weighted by Gasteiger charge is -2.19. The highest BCUT2D eigenvalue weighted by atomic mass is 35.5. The topological polar surface area (TPSA) is 55.6 Å². The fourth-order valence-corrected chi connectivity index (χ4v) is 2.25. The van der Waals surface area contributed by atoms with Crippen LogP contribution in [0.1, 0.15) is 15.9 Å². The average Bonchev–Trinajstić information content (AvgIpc) is 2.50. The molecule has 0 fully saturated rings. The average molecular weight is 305 g/mol. The molecule has 0 aliphatic heterocycles. The smallest absolute Gasteiger partial charge is 0.257 e. The van der Waals surface area contributed by atoms with E-state index in [1.807, 2.05) is 6.07 Å². The van der Waals surface area contributed by atoms with E-state index in [0.29, 0.717) is 28.6 Å². The number of nitrogens with zero attached hydrogens (tertiary/aromatic N) is 1. The van der Waals surface area contributed by atoms with Crippen LogP contribution in [0.4, 0.5) is 5.69 Å². The van der Waals surface area contributed by atoms with Crippen molar-refractivity contribution in [2.45, 2.75) is 6.54 Å². The molecule has 5 heteroatoms. The summed E-state index contributed by atoms with van der Waals surface area (Å²) in [7, 11) is 3.26. The highest BCUT2D eigenvalue weighted by molar-refractivity contribution is 6.31. The number of carbonyl (C=O) groups is 1. The van der Waals surface area contributed by atoms with Gasteiger partial charge in [0, 0.05) is 24.3 Å². The Balaban J connectivity index is 2.21.